The standard InChI is InChI=1S/C15H11NO3/c17-11-7-5-10(6-8-11)9-16-13-4-2-1-3-12(13)14(18)15(16)19/h1-8,17H,9H2. The second-order valence-corrected chi connectivity index (χ2v) is 4.40. The summed E-state index contributed by atoms with van der Waals surface area (Å²) in [6, 6.07) is 13.5. The summed E-state index contributed by atoms with van der Waals surface area (Å²) in [5, 5.41) is 9.23. The number of benzene rings is 2. The topological polar surface area (TPSA) is 57.6 Å². The summed E-state index contributed by atoms with van der Waals surface area (Å²) < 4.78 is 0. The highest BCUT2D eigenvalue weighted by molar-refractivity contribution is 6.52. The lowest BCUT2D eigenvalue weighted by atomic mass is 10.1. The number of ketones is 1. The normalized spacial score (nSPS) is 13.8. The summed E-state index contributed by atoms with van der Waals surface area (Å²) in [7, 11) is 0. The van der Waals surface area contributed by atoms with Crippen molar-refractivity contribution in [3.63, 3.8) is 0 Å². The van der Waals surface area contributed by atoms with Gasteiger partial charge >= 0.3 is 0 Å². The average Bonchev–Trinajstić information content (AvgIpc) is 2.67. The van der Waals surface area contributed by atoms with Crippen molar-refractivity contribution in [1.29, 1.82) is 0 Å². The van der Waals surface area contributed by atoms with E-state index in [1.54, 1.807) is 48.5 Å². The number of hydrogen-bond acceptors (Lipinski definition) is 3. The Morgan fingerprint density at radius 2 is 1.63 bits per heavy atom. The van der Waals surface area contributed by atoms with Crippen LogP contribution in [-0.2, 0) is 11.3 Å². The van der Waals surface area contributed by atoms with Gasteiger partial charge in [0.2, 0.25) is 0 Å². The second-order valence-electron chi connectivity index (χ2n) is 4.40. The molecular formula is C15H11NO3. The van der Waals surface area contributed by atoms with E-state index in [1.807, 2.05) is 0 Å². The highest BCUT2D eigenvalue weighted by Gasteiger charge is 2.35. The fraction of sp³-hybridized carbons (Fsp3) is 0.0667. The number of para-hydroxylation sites is 1. The smallest absolute Gasteiger partial charge is 0.299 e. The van der Waals surface area contributed by atoms with Gasteiger partial charge in [-0.25, -0.2) is 0 Å². The Hall–Kier alpha value is -2.62. The summed E-state index contributed by atoms with van der Waals surface area (Å²) >= 11 is 0. The number of rotatable bonds is 2. The van der Waals surface area contributed by atoms with Gasteiger partial charge in [-0.15, -0.1) is 0 Å². The minimum Gasteiger partial charge on any atom is -0.508 e. The molecule has 0 aliphatic carbocycles. The van der Waals surface area contributed by atoms with Gasteiger partial charge in [0.05, 0.1) is 17.8 Å². The summed E-state index contributed by atoms with van der Waals surface area (Å²) in [4.78, 5) is 25.2. The van der Waals surface area contributed by atoms with E-state index in [0.717, 1.165) is 5.56 Å². The first-order valence-electron chi connectivity index (χ1n) is 5.90. The minimum atomic E-state index is -0.505. The monoisotopic (exact) mass is 253 g/mol. The van der Waals surface area contributed by atoms with Gasteiger partial charge in [-0.3, -0.25) is 9.59 Å². The van der Waals surface area contributed by atoms with Gasteiger partial charge in [0.1, 0.15) is 5.75 Å². The molecule has 2 aromatic carbocycles. The molecule has 94 valence electrons. The molecular weight excluding hydrogens is 242 g/mol. The van der Waals surface area contributed by atoms with Crippen LogP contribution >= 0.6 is 0 Å². The van der Waals surface area contributed by atoms with Gasteiger partial charge in [0.15, 0.2) is 0 Å². The number of carbonyl (C=O) groups is 2. The molecule has 0 atom stereocenters. The molecule has 1 heterocycles. The van der Waals surface area contributed by atoms with Crippen molar-refractivity contribution in [2.24, 2.45) is 0 Å². The van der Waals surface area contributed by atoms with Gasteiger partial charge in [0, 0.05) is 0 Å². The van der Waals surface area contributed by atoms with Crippen LogP contribution in [0.3, 0.4) is 0 Å². The van der Waals surface area contributed by atoms with E-state index in [-0.39, 0.29) is 5.75 Å². The van der Waals surface area contributed by atoms with Crippen LogP contribution in [0.5, 0.6) is 5.75 Å². The molecule has 0 fully saturated rings. The number of carbonyl (C=O) groups excluding carboxylic acids is 2. The molecule has 0 saturated heterocycles. The van der Waals surface area contributed by atoms with Crippen LogP contribution in [0.25, 0.3) is 0 Å². The maximum atomic E-state index is 12.0. The maximum Gasteiger partial charge on any atom is 0.299 e. The first kappa shape index (κ1) is 11.5. The zero-order valence-corrected chi connectivity index (χ0v) is 10.0. The number of aromatic hydroxyl groups is 1. The first-order chi connectivity index (χ1) is 9.16. The number of amides is 1. The molecule has 1 N–H and O–H groups in total. The molecule has 0 spiro atoms. The van der Waals surface area contributed by atoms with Crippen molar-refractivity contribution in [2.45, 2.75) is 6.54 Å². The molecule has 0 unspecified atom stereocenters. The molecule has 4 heteroatoms. The molecule has 0 aromatic heterocycles. The van der Waals surface area contributed by atoms with Crippen molar-refractivity contribution in [3.05, 3.63) is 59.7 Å². The molecule has 1 amide bonds. The quantitative estimate of drug-likeness (QED) is 0.834. The van der Waals surface area contributed by atoms with Crippen LogP contribution in [0.1, 0.15) is 15.9 Å². The van der Waals surface area contributed by atoms with Crippen molar-refractivity contribution < 1.29 is 14.7 Å². The third-order valence-corrected chi connectivity index (χ3v) is 3.16. The van der Waals surface area contributed by atoms with Gasteiger partial charge in [-0.2, -0.15) is 0 Å². The van der Waals surface area contributed by atoms with E-state index in [2.05, 4.69) is 0 Å². The van der Waals surface area contributed by atoms with E-state index in [9.17, 15) is 14.7 Å². The number of Topliss-reactive ketones (excluding diaryl/α,β-unsaturated/α-hetero) is 1. The number of phenolic OH excluding ortho intramolecular Hbond substituents is 1. The van der Waals surface area contributed by atoms with Crippen LogP contribution in [0.2, 0.25) is 0 Å². The lowest BCUT2D eigenvalue weighted by Gasteiger charge is -2.16. The van der Waals surface area contributed by atoms with Crippen LogP contribution in [0.4, 0.5) is 5.69 Å². The molecule has 2 aromatic rings. The Balaban J connectivity index is 1.95. The third kappa shape index (κ3) is 1.87. The summed E-state index contributed by atoms with van der Waals surface area (Å²) in [5.41, 5.74) is 1.95. The predicted molar refractivity (Wildman–Crippen MR) is 70.1 cm³/mol. The molecule has 0 saturated carbocycles. The van der Waals surface area contributed by atoms with Gasteiger partial charge in [-0.1, -0.05) is 24.3 Å². The Morgan fingerprint density at radius 3 is 2.37 bits per heavy atom. The molecule has 3 rings (SSSR count). The van der Waals surface area contributed by atoms with Gasteiger partial charge < -0.3 is 10.0 Å². The van der Waals surface area contributed by atoms with E-state index in [4.69, 9.17) is 0 Å². The largest absolute Gasteiger partial charge is 0.508 e. The number of anilines is 1. The van der Waals surface area contributed by atoms with E-state index < -0.39 is 11.7 Å². The van der Waals surface area contributed by atoms with Gasteiger partial charge in [0.25, 0.3) is 11.7 Å². The molecule has 1 aliphatic heterocycles. The van der Waals surface area contributed by atoms with Crippen molar-refractivity contribution >= 4 is 17.4 Å². The molecule has 0 bridgehead atoms. The first-order valence-corrected chi connectivity index (χ1v) is 5.90. The zero-order valence-electron chi connectivity index (χ0n) is 10.0. The Kier molecular flexibility index (Phi) is 2.56. The van der Waals surface area contributed by atoms with Crippen molar-refractivity contribution in [2.75, 3.05) is 4.90 Å². The fourth-order valence-electron chi connectivity index (χ4n) is 2.19. The van der Waals surface area contributed by atoms with Crippen LogP contribution in [0.15, 0.2) is 48.5 Å². The molecule has 4 nitrogen and oxygen atoms in total. The lowest BCUT2D eigenvalue weighted by molar-refractivity contribution is -0.114. The van der Waals surface area contributed by atoms with Crippen LogP contribution in [0, 0.1) is 0 Å². The Labute approximate surface area is 109 Å². The number of fused-ring (bicyclic) bond motifs is 1. The summed E-state index contributed by atoms with van der Waals surface area (Å²) in [5.74, 6) is -0.795. The highest BCUT2D eigenvalue weighted by Crippen LogP contribution is 2.30. The molecule has 0 radical (unpaired) electrons. The Bertz CT molecular complexity index is 661. The summed E-state index contributed by atoms with van der Waals surface area (Å²) in [6.07, 6.45) is 0. The maximum absolute atomic E-state index is 12.0. The van der Waals surface area contributed by atoms with Crippen molar-refractivity contribution in [3.8, 4) is 5.75 Å². The predicted octanol–water partition coefficient (Wildman–Crippen LogP) is 2.12. The third-order valence-electron chi connectivity index (χ3n) is 3.16. The van der Waals surface area contributed by atoms with Crippen molar-refractivity contribution in [1.82, 2.24) is 0 Å². The molecule has 1 aliphatic rings. The average molecular weight is 253 g/mol. The number of nitrogens with zero attached hydrogens (tertiary/aromatic N) is 1. The lowest BCUT2D eigenvalue weighted by Crippen LogP contribution is -2.29. The second kappa shape index (κ2) is 4.24. The summed E-state index contributed by atoms with van der Waals surface area (Å²) in [6.45, 7) is 0.321. The molecule has 19 heavy (non-hydrogen) atoms. The van der Waals surface area contributed by atoms with Crippen LogP contribution in [-0.4, -0.2) is 16.8 Å². The van der Waals surface area contributed by atoms with Crippen LogP contribution < -0.4 is 4.90 Å². The minimum absolute atomic E-state index is 0.174. The Morgan fingerprint density at radius 1 is 0.947 bits per heavy atom. The van der Waals surface area contributed by atoms with E-state index >= 15 is 0 Å². The fourth-order valence-corrected chi connectivity index (χ4v) is 2.19. The number of phenols is 1. The SMILES string of the molecule is O=C1C(=O)N(Cc2ccc(O)cc2)c2ccccc21. The highest BCUT2D eigenvalue weighted by atomic mass is 16.3. The van der Waals surface area contributed by atoms with E-state index in [0.29, 0.717) is 17.8 Å². The number of hydrogen-bond donors (Lipinski definition) is 1. The van der Waals surface area contributed by atoms with E-state index in [1.165, 1.54) is 4.90 Å². The zero-order chi connectivity index (χ0) is 13.4. The van der Waals surface area contributed by atoms with Gasteiger partial charge in [-0.05, 0) is 29.8 Å².